The second-order valence-corrected chi connectivity index (χ2v) is 4.38. The molecule has 0 aliphatic heterocycles. The minimum absolute atomic E-state index is 0.325. The number of hydrogen-bond acceptors (Lipinski definition) is 4. The molecule has 6 nitrogen and oxygen atoms in total. The van der Waals surface area contributed by atoms with Gasteiger partial charge in [0.2, 0.25) is 0 Å². The third kappa shape index (κ3) is 2.69. The summed E-state index contributed by atoms with van der Waals surface area (Å²) in [6.07, 6.45) is 6.45. The summed E-state index contributed by atoms with van der Waals surface area (Å²) in [5, 5.41) is 3.68. The number of hydrogen-bond donors (Lipinski definition) is 1. The van der Waals surface area contributed by atoms with E-state index in [1.165, 1.54) is 0 Å². The fourth-order valence-corrected chi connectivity index (χ4v) is 2.09. The maximum atomic E-state index is 11.4. The first-order chi connectivity index (χ1) is 10.3. The molecule has 0 bridgehead atoms. The first kappa shape index (κ1) is 13.1. The number of ether oxygens (including phenoxy) is 1. The van der Waals surface area contributed by atoms with Gasteiger partial charge in [0.1, 0.15) is 5.65 Å². The van der Waals surface area contributed by atoms with Crippen molar-refractivity contribution in [3.05, 3.63) is 49.1 Å². The average Bonchev–Trinajstić information content (AvgIpc) is 2.91. The van der Waals surface area contributed by atoms with E-state index >= 15 is 0 Å². The van der Waals surface area contributed by atoms with Gasteiger partial charge in [0.25, 0.3) is 0 Å². The summed E-state index contributed by atoms with van der Waals surface area (Å²) in [5.74, 6) is 0. The number of nitrogens with zero attached hydrogens (tertiary/aromatic N) is 3. The largest absolute Gasteiger partial charge is 0.450 e. The summed E-state index contributed by atoms with van der Waals surface area (Å²) in [6.45, 7) is 2.08. The van der Waals surface area contributed by atoms with Crippen LogP contribution in [0.5, 0.6) is 0 Å². The van der Waals surface area contributed by atoms with E-state index in [0.29, 0.717) is 12.3 Å². The number of carbonyl (C=O) groups is 1. The molecule has 1 amide bonds. The highest BCUT2D eigenvalue weighted by atomic mass is 16.5. The van der Waals surface area contributed by atoms with Crippen LogP contribution in [0.2, 0.25) is 0 Å². The molecule has 1 N–H and O–H groups in total. The van der Waals surface area contributed by atoms with Crippen LogP contribution in [-0.2, 0) is 4.74 Å². The Morgan fingerprint density at radius 1 is 1.38 bits per heavy atom. The topological polar surface area (TPSA) is 69.0 Å². The highest BCUT2D eigenvalue weighted by Crippen LogP contribution is 2.19. The molecule has 21 heavy (non-hydrogen) atoms. The van der Waals surface area contributed by atoms with E-state index < -0.39 is 6.09 Å². The second-order valence-electron chi connectivity index (χ2n) is 4.38. The van der Waals surface area contributed by atoms with Crippen LogP contribution in [0.1, 0.15) is 6.92 Å². The summed E-state index contributed by atoms with van der Waals surface area (Å²) in [4.78, 5) is 19.9. The highest BCUT2D eigenvalue weighted by Gasteiger charge is 2.07. The van der Waals surface area contributed by atoms with Gasteiger partial charge < -0.3 is 4.74 Å². The van der Waals surface area contributed by atoms with Crippen LogP contribution in [0, 0.1) is 0 Å². The van der Waals surface area contributed by atoms with Gasteiger partial charge in [-0.05, 0) is 31.2 Å². The molecule has 0 radical (unpaired) electrons. The molecule has 0 spiro atoms. The molecule has 0 aliphatic rings. The van der Waals surface area contributed by atoms with Crippen molar-refractivity contribution >= 4 is 22.8 Å². The van der Waals surface area contributed by atoms with E-state index in [1.54, 1.807) is 25.5 Å². The molecule has 0 unspecified atom stereocenters. The third-order valence-electron chi connectivity index (χ3n) is 2.97. The Bertz CT molecular complexity index is 782. The number of nitrogens with one attached hydrogen (secondary N) is 1. The molecule has 0 saturated heterocycles. The minimum Gasteiger partial charge on any atom is -0.450 e. The number of rotatable bonds is 3. The summed E-state index contributed by atoms with van der Waals surface area (Å²) >= 11 is 0. The Labute approximate surface area is 121 Å². The lowest BCUT2D eigenvalue weighted by Gasteiger charge is -2.08. The molecule has 0 aromatic carbocycles. The Balaban J connectivity index is 1.94. The fourth-order valence-electron chi connectivity index (χ4n) is 2.09. The molecular weight excluding hydrogens is 268 g/mol. The van der Waals surface area contributed by atoms with Crippen molar-refractivity contribution in [3.63, 3.8) is 0 Å². The Hall–Kier alpha value is -2.89. The lowest BCUT2D eigenvalue weighted by Crippen LogP contribution is -2.13. The van der Waals surface area contributed by atoms with Crippen LogP contribution in [0.4, 0.5) is 10.5 Å². The molecule has 3 rings (SSSR count). The van der Waals surface area contributed by atoms with Gasteiger partial charge >= 0.3 is 6.09 Å². The van der Waals surface area contributed by atoms with Gasteiger partial charge in [-0.1, -0.05) is 0 Å². The van der Waals surface area contributed by atoms with Gasteiger partial charge in [-0.2, -0.15) is 0 Å². The zero-order chi connectivity index (χ0) is 14.7. The van der Waals surface area contributed by atoms with Gasteiger partial charge in [-0.3, -0.25) is 14.9 Å². The maximum Gasteiger partial charge on any atom is 0.411 e. The number of carbonyl (C=O) groups excluding carboxylic acids is 1. The Kier molecular flexibility index (Phi) is 3.51. The number of fused-ring (bicyclic) bond motifs is 1. The van der Waals surface area contributed by atoms with Crippen molar-refractivity contribution in [1.29, 1.82) is 0 Å². The monoisotopic (exact) mass is 282 g/mol. The first-order valence-electron chi connectivity index (χ1n) is 6.59. The Morgan fingerprint density at radius 2 is 2.29 bits per heavy atom. The minimum atomic E-state index is -0.494. The van der Waals surface area contributed by atoms with Gasteiger partial charge in [0, 0.05) is 17.8 Å². The van der Waals surface area contributed by atoms with Crippen molar-refractivity contribution < 1.29 is 9.53 Å². The van der Waals surface area contributed by atoms with E-state index in [0.717, 1.165) is 16.7 Å². The number of amides is 1. The van der Waals surface area contributed by atoms with Crippen molar-refractivity contribution in [2.75, 3.05) is 11.9 Å². The quantitative estimate of drug-likeness (QED) is 0.801. The predicted molar refractivity (Wildman–Crippen MR) is 79.5 cm³/mol. The SMILES string of the molecule is CCOC(=O)Nc1cncc(-n2ccc3cccnc32)c1. The lowest BCUT2D eigenvalue weighted by atomic mass is 10.3. The van der Waals surface area contributed by atoms with Crippen LogP contribution in [-0.4, -0.2) is 27.2 Å². The molecular formula is C15H14N4O2. The van der Waals surface area contributed by atoms with Crippen molar-refractivity contribution in [1.82, 2.24) is 14.5 Å². The molecule has 6 heteroatoms. The lowest BCUT2D eigenvalue weighted by molar-refractivity contribution is 0.168. The molecule has 0 saturated carbocycles. The summed E-state index contributed by atoms with van der Waals surface area (Å²) < 4.78 is 6.76. The van der Waals surface area contributed by atoms with Crippen molar-refractivity contribution in [2.45, 2.75) is 6.92 Å². The number of aromatic nitrogens is 3. The van der Waals surface area contributed by atoms with Crippen LogP contribution in [0.15, 0.2) is 49.1 Å². The highest BCUT2D eigenvalue weighted by molar-refractivity contribution is 5.85. The zero-order valence-electron chi connectivity index (χ0n) is 11.5. The average molecular weight is 282 g/mol. The van der Waals surface area contributed by atoms with E-state index in [1.807, 2.05) is 35.0 Å². The van der Waals surface area contributed by atoms with Gasteiger partial charge in [0.15, 0.2) is 0 Å². The van der Waals surface area contributed by atoms with Gasteiger partial charge in [-0.15, -0.1) is 0 Å². The van der Waals surface area contributed by atoms with Gasteiger partial charge in [-0.25, -0.2) is 9.78 Å². The summed E-state index contributed by atoms with van der Waals surface area (Å²) in [5.41, 5.74) is 2.23. The first-order valence-corrected chi connectivity index (χ1v) is 6.59. The predicted octanol–water partition coefficient (Wildman–Crippen LogP) is 2.99. The van der Waals surface area contributed by atoms with E-state index in [9.17, 15) is 4.79 Å². The van der Waals surface area contributed by atoms with Crippen molar-refractivity contribution in [3.8, 4) is 5.69 Å². The smallest absolute Gasteiger partial charge is 0.411 e. The standard InChI is InChI=1S/C15H14N4O2/c1-2-21-15(20)18-12-8-13(10-16-9-12)19-7-5-11-4-3-6-17-14(11)19/h3-10H,2H2,1H3,(H,18,20). The molecule has 3 aromatic heterocycles. The van der Waals surface area contributed by atoms with Crippen LogP contribution < -0.4 is 5.32 Å². The van der Waals surface area contributed by atoms with Crippen LogP contribution in [0.3, 0.4) is 0 Å². The van der Waals surface area contributed by atoms with Gasteiger partial charge in [0.05, 0.1) is 30.4 Å². The Morgan fingerprint density at radius 3 is 3.14 bits per heavy atom. The van der Waals surface area contributed by atoms with E-state index in [4.69, 9.17) is 4.74 Å². The summed E-state index contributed by atoms with van der Waals surface area (Å²) in [6, 6.07) is 7.68. The maximum absolute atomic E-state index is 11.4. The van der Waals surface area contributed by atoms with Crippen LogP contribution in [0.25, 0.3) is 16.7 Å². The summed E-state index contributed by atoms with van der Waals surface area (Å²) in [7, 11) is 0. The normalized spacial score (nSPS) is 10.5. The molecule has 0 atom stereocenters. The molecule has 0 fully saturated rings. The second kappa shape index (κ2) is 5.62. The molecule has 0 aliphatic carbocycles. The van der Waals surface area contributed by atoms with Crippen molar-refractivity contribution in [2.24, 2.45) is 0 Å². The molecule has 106 valence electrons. The number of pyridine rings is 2. The van der Waals surface area contributed by atoms with E-state index in [2.05, 4.69) is 15.3 Å². The third-order valence-corrected chi connectivity index (χ3v) is 2.97. The fraction of sp³-hybridized carbons (Fsp3) is 0.133. The number of anilines is 1. The van der Waals surface area contributed by atoms with E-state index in [-0.39, 0.29) is 0 Å². The van der Waals surface area contributed by atoms with Crippen LogP contribution >= 0.6 is 0 Å². The molecule has 3 aromatic rings. The zero-order valence-corrected chi connectivity index (χ0v) is 11.5. The molecule has 3 heterocycles.